The van der Waals surface area contributed by atoms with Gasteiger partial charge in [-0.25, -0.2) is 0 Å². The molecule has 0 aliphatic rings. The standard InChI is InChI=1S/C24H35N3O3S/c1-4-18-26(2)19-10-5-6-11-20-30-24-16-14-23(15-17-24)27(3)31(28,29)25-21-22-12-8-7-9-13-22/h4,7-9,12-17,25H,1,5-6,10-11,18-21H2,2-3H3. The van der Waals surface area contributed by atoms with E-state index in [1.165, 1.54) is 24.2 Å². The highest BCUT2D eigenvalue weighted by atomic mass is 32.2. The van der Waals surface area contributed by atoms with Crippen LogP contribution in [0.25, 0.3) is 0 Å². The first kappa shape index (κ1) is 24.9. The lowest BCUT2D eigenvalue weighted by molar-refractivity contribution is 0.300. The zero-order valence-electron chi connectivity index (χ0n) is 18.7. The minimum Gasteiger partial charge on any atom is -0.494 e. The zero-order chi connectivity index (χ0) is 22.5. The maximum Gasteiger partial charge on any atom is 0.301 e. The predicted molar refractivity (Wildman–Crippen MR) is 129 cm³/mol. The number of hydrogen-bond acceptors (Lipinski definition) is 4. The van der Waals surface area contributed by atoms with Crippen molar-refractivity contribution in [1.82, 2.24) is 9.62 Å². The summed E-state index contributed by atoms with van der Waals surface area (Å²) in [4.78, 5) is 2.26. The summed E-state index contributed by atoms with van der Waals surface area (Å²) in [6.07, 6.45) is 6.42. The number of ether oxygens (including phenoxy) is 1. The van der Waals surface area contributed by atoms with Crippen molar-refractivity contribution >= 4 is 15.9 Å². The molecule has 0 heterocycles. The molecule has 0 saturated carbocycles. The fourth-order valence-corrected chi connectivity index (χ4v) is 4.04. The molecule has 6 nitrogen and oxygen atoms in total. The van der Waals surface area contributed by atoms with Crippen molar-refractivity contribution in [1.29, 1.82) is 0 Å². The topological polar surface area (TPSA) is 61.9 Å². The van der Waals surface area contributed by atoms with Gasteiger partial charge in [0.25, 0.3) is 0 Å². The van der Waals surface area contributed by atoms with Crippen LogP contribution < -0.4 is 13.8 Å². The van der Waals surface area contributed by atoms with Gasteiger partial charge < -0.3 is 9.64 Å². The lowest BCUT2D eigenvalue weighted by Crippen LogP contribution is -2.37. The Kier molecular flexibility index (Phi) is 10.6. The molecular formula is C24H35N3O3S. The van der Waals surface area contributed by atoms with Crippen molar-refractivity contribution in [3.8, 4) is 5.75 Å². The number of nitrogens with one attached hydrogen (secondary N) is 1. The minimum absolute atomic E-state index is 0.249. The summed E-state index contributed by atoms with van der Waals surface area (Å²) in [5.74, 6) is 0.748. The molecule has 0 radical (unpaired) electrons. The van der Waals surface area contributed by atoms with Gasteiger partial charge in [0.05, 0.1) is 12.3 Å². The molecule has 31 heavy (non-hydrogen) atoms. The Hall–Kier alpha value is -2.35. The van der Waals surface area contributed by atoms with E-state index in [1.807, 2.05) is 48.5 Å². The van der Waals surface area contributed by atoms with Gasteiger partial charge in [-0.3, -0.25) is 4.31 Å². The number of anilines is 1. The lowest BCUT2D eigenvalue weighted by atomic mass is 10.2. The Balaban J connectivity index is 1.71. The molecule has 2 aromatic rings. The highest BCUT2D eigenvalue weighted by Gasteiger charge is 2.17. The first-order chi connectivity index (χ1) is 14.9. The van der Waals surface area contributed by atoms with E-state index >= 15 is 0 Å². The van der Waals surface area contributed by atoms with Crippen molar-refractivity contribution < 1.29 is 13.2 Å². The third-order valence-corrected chi connectivity index (χ3v) is 6.45. The van der Waals surface area contributed by atoms with Gasteiger partial charge in [-0.2, -0.15) is 13.1 Å². The maximum atomic E-state index is 12.5. The smallest absolute Gasteiger partial charge is 0.301 e. The highest BCUT2D eigenvalue weighted by Crippen LogP contribution is 2.20. The number of hydrogen-bond donors (Lipinski definition) is 1. The van der Waals surface area contributed by atoms with Crippen molar-refractivity contribution in [2.24, 2.45) is 0 Å². The second kappa shape index (κ2) is 13.1. The van der Waals surface area contributed by atoms with Crippen LogP contribution in [0.2, 0.25) is 0 Å². The molecule has 170 valence electrons. The van der Waals surface area contributed by atoms with E-state index in [0.717, 1.165) is 37.2 Å². The van der Waals surface area contributed by atoms with E-state index in [9.17, 15) is 8.42 Å². The molecular weight excluding hydrogens is 410 g/mol. The second-order valence-corrected chi connectivity index (χ2v) is 9.37. The van der Waals surface area contributed by atoms with Crippen molar-refractivity contribution in [2.75, 3.05) is 38.1 Å². The summed E-state index contributed by atoms with van der Waals surface area (Å²) in [6.45, 7) is 6.68. The summed E-state index contributed by atoms with van der Waals surface area (Å²) in [7, 11) is 0.0145. The van der Waals surface area contributed by atoms with E-state index in [0.29, 0.717) is 12.3 Å². The van der Waals surface area contributed by atoms with Gasteiger partial charge in [0, 0.05) is 20.1 Å². The summed E-state index contributed by atoms with van der Waals surface area (Å²) in [5, 5.41) is 0. The number of benzene rings is 2. The van der Waals surface area contributed by atoms with E-state index < -0.39 is 10.2 Å². The Morgan fingerprint density at radius 2 is 1.65 bits per heavy atom. The quantitative estimate of drug-likeness (QED) is 0.329. The van der Waals surface area contributed by atoms with Crippen LogP contribution in [0.4, 0.5) is 5.69 Å². The zero-order valence-corrected chi connectivity index (χ0v) is 19.5. The third-order valence-electron chi connectivity index (χ3n) is 5.01. The Labute approximate surface area is 187 Å². The van der Waals surface area contributed by atoms with Crippen molar-refractivity contribution in [3.63, 3.8) is 0 Å². The predicted octanol–water partition coefficient (Wildman–Crippen LogP) is 4.21. The molecule has 2 aromatic carbocycles. The van der Waals surface area contributed by atoms with E-state index in [2.05, 4.69) is 23.2 Å². The van der Waals surface area contributed by atoms with Crippen LogP contribution in [0.5, 0.6) is 5.75 Å². The Morgan fingerprint density at radius 3 is 2.32 bits per heavy atom. The van der Waals surface area contributed by atoms with Gasteiger partial charge in [0.1, 0.15) is 5.75 Å². The van der Waals surface area contributed by atoms with Gasteiger partial charge in [0.2, 0.25) is 0 Å². The fraction of sp³-hybridized carbons (Fsp3) is 0.417. The van der Waals surface area contributed by atoms with Crippen LogP contribution in [0.15, 0.2) is 67.3 Å². The first-order valence-corrected chi connectivity index (χ1v) is 12.2. The normalized spacial score (nSPS) is 11.5. The summed E-state index contributed by atoms with van der Waals surface area (Å²) in [6, 6.07) is 16.6. The van der Waals surface area contributed by atoms with Crippen LogP contribution in [-0.2, 0) is 16.8 Å². The van der Waals surface area contributed by atoms with Crippen LogP contribution >= 0.6 is 0 Å². The molecule has 1 N–H and O–H groups in total. The number of rotatable bonds is 15. The summed E-state index contributed by atoms with van der Waals surface area (Å²) in [5.41, 5.74) is 1.49. The molecule has 0 fully saturated rings. The third kappa shape index (κ3) is 9.12. The highest BCUT2D eigenvalue weighted by molar-refractivity contribution is 7.90. The average molecular weight is 446 g/mol. The molecule has 0 aliphatic carbocycles. The van der Waals surface area contributed by atoms with Crippen molar-refractivity contribution in [3.05, 3.63) is 72.8 Å². The van der Waals surface area contributed by atoms with Crippen LogP contribution in [-0.4, -0.2) is 47.1 Å². The first-order valence-electron chi connectivity index (χ1n) is 10.7. The molecule has 0 spiro atoms. The van der Waals surface area contributed by atoms with Gasteiger partial charge in [-0.05, 0) is 56.3 Å². The molecule has 7 heteroatoms. The van der Waals surface area contributed by atoms with E-state index in [1.54, 1.807) is 12.1 Å². The summed E-state index contributed by atoms with van der Waals surface area (Å²) < 4.78 is 34.7. The minimum atomic E-state index is -3.63. The summed E-state index contributed by atoms with van der Waals surface area (Å²) >= 11 is 0. The molecule has 2 rings (SSSR count). The molecule has 0 aromatic heterocycles. The maximum absolute atomic E-state index is 12.5. The van der Waals surface area contributed by atoms with E-state index in [-0.39, 0.29) is 6.54 Å². The van der Waals surface area contributed by atoms with Crippen LogP contribution in [0.1, 0.15) is 31.2 Å². The largest absolute Gasteiger partial charge is 0.494 e. The number of unbranched alkanes of at least 4 members (excludes halogenated alkanes) is 3. The molecule has 0 aliphatic heterocycles. The second-order valence-electron chi connectivity index (χ2n) is 7.59. The number of likely N-dealkylation sites (N-methyl/N-ethyl adjacent to an activating group) is 1. The monoisotopic (exact) mass is 445 g/mol. The SMILES string of the molecule is C=CCN(C)CCCCCCOc1ccc(N(C)S(=O)(=O)NCc2ccccc2)cc1. The average Bonchev–Trinajstić information content (AvgIpc) is 2.78. The fourth-order valence-electron chi connectivity index (χ4n) is 3.10. The van der Waals surface area contributed by atoms with Gasteiger partial charge in [0.15, 0.2) is 0 Å². The van der Waals surface area contributed by atoms with Crippen molar-refractivity contribution in [2.45, 2.75) is 32.2 Å². The van der Waals surface area contributed by atoms with Crippen LogP contribution in [0, 0.1) is 0 Å². The Morgan fingerprint density at radius 1 is 0.968 bits per heavy atom. The van der Waals surface area contributed by atoms with Gasteiger partial charge >= 0.3 is 10.2 Å². The molecule has 0 amide bonds. The van der Waals surface area contributed by atoms with Gasteiger partial charge in [-0.1, -0.05) is 49.2 Å². The van der Waals surface area contributed by atoms with Crippen LogP contribution in [0.3, 0.4) is 0 Å². The molecule has 0 atom stereocenters. The Bertz CT molecular complexity index is 871. The number of nitrogens with zero attached hydrogens (tertiary/aromatic N) is 2. The van der Waals surface area contributed by atoms with Gasteiger partial charge in [-0.15, -0.1) is 6.58 Å². The lowest BCUT2D eigenvalue weighted by Gasteiger charge is -2.20. The molecule has 0 unspecified atom stereocenters. The van der Waals surface area contributed by atoms with E-state index in [4.69, 9.17) is 4.74 Å². The molecule has 0 bridgehead atoms. The molecule has 0 saturated heterocycles.